The molecule has 1 aromatic heterocycles. The molecule has 2 heterocycles. The zero-order chi connectivity index (χ0) is 25.9. The molecule has 3 aromatic rings. The second-order valence-electron chi connectivity index (χ2n) is 9.03. The van der Waals surface area contributed by atoms with Crippen LogP contribution in [0, 0.1) is 0 Å². The highest BCUT2D eigenvalue weighted by Crippen LogP contribution is 2.39. The zero-order valence-corrected chi connectivity index (χ0v) is 23.1. The molecule has 194 valence electrons. The Bertz CT molecular complexity index is 1320. The van der Waals surface area contributed by atoms with Gasteiger partial charge in [-0.15, -0.1) is 0 Å². The number of anilines is 1. The normalized spacial score (nSPS) is 14.9. The van der Waals surface area contributed by atoms with Gasteiger partial charge in [-0.1, -0.05) is 29.4 Å². The van der Waals surface area contributed by atoms with Crippen LogP contribution >= 0.6 is 22.9 Å². The largest absolute Gasteiger partial charge is 0.494 e. The lowest BCUT2D eigenvalue weighted by atomic mass is 10.2. The Labute approximate surface area is 221 Å². The molecule has 0 aliphatic carbocycles. The van der Waals surface area contributed by atoms with Crippen molar-refractivity contribution in [3.05, 3.63) is 47.0 Å². The Morgan fingerprint density at radius 2 is 1.78 bits per heavy atom. The third-order valence-corrected chi connectivity index (χ3v) is 9.64. The predicted molar refractivity (Wildman–Crippen MR) is 145 cm³/mol. The lowest BCUT2D eigenvalue weighted by molar-refractivity contribution is 0.0986. The van der Waals surface area contributed by atoms with Crippen LogP contribution < -0.4 is 9.64 Å². The third kappa shape index (κ3) is 5.68. The highest BCUT2D eigenvalue weighted by Gasteiger charge is 2.27. The Kier molecular flexibility index (Phi) is 8.52. The molecular weight excluding hydrogens is 520 g/mol. The van der Waals surface area contributed by atoms with E-state index in [0.717, 1.165) is 36.9 Å². The number of sulfonamides is 1. The smallest absolute Gasteiger partial charge is 0.260 e. The van der Waals surface area contributed by atoms with E-state index in [4.69, 9.17) is 21.3 Å². The Hall–Kier alpha value is -2.24. The number of hydrogen-bond acceptors (Lipinski definition) is 7. The molecule has 0 N–H and O–H groups in total. The maximum atomic E-state index is 13.7. The first kappa shape index (κ1) is 26.8. The number of amides is 1. The van der Waals surface area contributed by atoms with Gasteiger partial charge in [-0.2, -0.15) is 4.31 Å². The van der Waals surface area contributed by atoms with Gasteiger partial charge in [0.05, 0.1) is 21.7 Å². The fourth-order valence-corrected chi connectivity index (χ4v) is 7.03. The summed E-state index contributed by atoms with van der Waals surface area (Å²) in [6.07, 6.45) is 3.52. The van der Waals surface area contributed by atoms with E-state index in [1.807, 2.05) is 14.1 Å². The first-order chi connectivity index (χ1) is 17.2. The molecule has 0 spiro atoms. The minimum absolute atomic E-state index is 0.205. The van der Waals surface area contributed by atoms with Crippen LogP contribution in [0.5, 0.6) is 5.75 Å². The maximum absolute atomic E-state index is 13.7. The van der Waals surface area contributed by atoms with Crippen molar-refractivity contribution in [3.63, 3.8) is 0 Å². The van der Waals surface area contributed by atoms with Crippen LogP contribution in [-0.2, 0) is 10.0 Å². The van der Waals surface area contributed by atoms with Crippen LogP contribution in [0.15, 0.2) is 41.3 Å². The number of halogens is 1. The summed E-state index contributed by atoms with van der Waals surface area (Å²) in [6, 6.07) is 9.72. The Morgan fingerprint density at radius 1 is 1.08 bits per heavy atom. The molecule has 1 saturated heterocycles. The zero-order valence-electron chi connectivity index (χ0n) is 20.7. The molecule has 1 amide bonds. The number of thiazole rings is 1. The first-order valence-electron chi connectivity index (χ1n) is 11.9. The summed E-state index contributed by atoms with van der Waals surface area (Å²) in [4.78, 5) is 22.3. The van der Waals surface area contributed by atoms with E-state index in [-0.39, 0.29) is 10.8 Å². The number of carbonyl (C=O) groups excluding carboxylic acids is 1. The second-order valence-corrected chi connectivity index (χ2v) is 12.3. The van der Waals surface area contributed by atoms with E-state index >= 15 is 0 Å². The molecule has 0 radical (unpaired) electrons. The first-order valence-corrected chi connectivity index (χ1v) is 14.6. The number of benzene rings is 2. The van der Waals surface area contributed by atoms with E-state index < -0.39 is 10.0 Å². The Balaban J connectivity index is 1.64. The number of ether oxygens (including phenoxy) is 1. The molecule has 0 saturated carbocycles. The van der Waals surface area contributed by atoms with E-state index in [1.165, 1.54) is 27.8 Å². The van der Waals surface area contributed by atoms with Gasteiger partial charge >= 0.3 is 0 Å². The average molecular weight is 551 g/mol. The van der Waals surface area contributed by atoms with Gasteiger partial charge in [0, 0.05) is 25.2 Å². The van der Waals surface area contributed by atoms with E-state index in [2.05, 4.69) is 4.90 Å². The monoisotopic (exact) mass is 550 g/mol. The lowest BCUT2D eigenvalue weighted by Gasteiger charge is -2.26. The molecule has 1 aliphatic rings. The average Bonchev–Trinajstić information content (AvgIpc) is 3.33. The van der Waals surface area contributed by atoms with Crippen LogP contribution in [0.4, 0.5) is 5.13 Å². The van der Waals surface area contributed by atoms with Gasteiger partial charge in [-0.3, -0.25) is 9.69 Å². The molecule has 1 fully saturated rings. The number of rotatable bonds is 9. The molecule has 11 heteroatoms. The SMILES string of the molecule is COc1ccc(Cl)c2sc(N(CCCN(C)C)C(=O)c3ccc(S(=O)(=O)N4CCCCC4)cc3)nc12. The minimum Gasteiger partial charge on any atom is -0.494 e. The van der Waals surface area contributed by atoms with Gasteiger partial charge in [0.25, 0.3) is 5.91 Å². The second kappa shape index (κ2) is 11.4. The maximum Gasteiger partial charge on any atom is 0.260 e. The van der Waals surface area contributed by atoms with Crippen molar-refractivity contribution >= 4 is 54.2 Å². The Morgan fingerprint density at radius 3 is 2.42 bits per heavy atom. The summed E-state index contributed by atoms with van der Waals surface area (Å²) >= 11 is 7.75. The third-order valence-electron chi connectivity index (χ3n) is 6.18. The van der Waals surface area contributed by atoms with Crippen molar-refractivity contribution in [3.8, 4) is 5.75 Å². The number of carbonyl (C=O) groups is 1. The highest BCUT2D eigenvalue weighted by molar-refractivity contribution is 7.89. The van der Waals surface area contributed by atoms with Crippen molar-refractivity contribution in [2.24, 2.45) is 0 Å². The van der Waals surface area contributed by atoms with Crippen LogP contribution in [0.2, 0.25) is 5.02 Å². The van der Waals surface area contributed by atoms with Crippen molar-refractivity contribution in [2.45, 2.75) is 30.6 Å². The van der Waals surface area contributed by atoms with Gasteiger partial charge in [-0.05, 0) is 76.3 Å². The quantitative estimate of drug-likeness (QED) is 0.383. The molecule has 8 nitrogen and oxygen atoms in total. The number of methoxy groups -OCH3 is 1. The number of aromatic nitrogens is 1. The van der Waals surface area contributed by atoms with E-state index in [0.29, 0.717) is 46.6 Å². The van der Waals surface area contributed by atoms with Gasteiger partial charge in [0.1, 0.15) is 11.3 Å². The van der Waals surface area contributed by atoms with E-state index in [9.17, 15) is 13.2 Å². The predicted octanol–water partition coefficient (Wildman–Crippen LogP) is 4.73. The van der Waals surface area contributed by atoms with Crippen molar-refractivity contribution in [1.82, 2.24) is 14.2 Å². The number of piperidine rings is 1. The summed E-state index contributed by atoms with van der Waals surface area (Å²) < 4.78 is 33.7. The topological polar surface area (TPSA) is 83.0 Å². The van der Waals surface area contributed by atoms with E-state index in [1.54, 1.807) is 36.3 Å². The summed E-state index contributed by atoms with van der Waals surface area (Å²) in [7, 11) is 1.97. The molecule has 0 bridgehead atoms. The van der Waals surface area contributed by atoms with Gasteiger partial charge in [0.2, 0.25) is 10.0 Å². The molecular formula is C25H31ClN4O4S2. The van der Waals surface area contributed by atoms with Gasteiger partial charge in [-0.25, -0.2) is 13.4 Å². The molecule has 0 unspecified atom stereocenters. The van der Waals surface area contributed by atoms with Crippen LogP contribution in [0.25, 0.3) is 10.2 Å². The number of hydrogen-bond donors (Lipinski definition) is 0. The fraction of sp³-hybridized carbons (Fsp3) is 0.440. The standard InChI is InChI=1S/C25H31ClN4O4S2/c1-28(2)14-7-17-30(25-27-22-21(34-3)13-12-20(26)23(22)35-25)24(31)18-8-10-19(11-9-18)36(32,33)29-15-5-4-6-16-29/h8-13H,4-7,14-17H2,1-3H3. The molecule has 1 aliphatic heterocycles. The summed E-state index contributed by atoms with van der Waals surface area (Å²) in [5.74, 6) is 0.342. The summed E-state index contributed by atoms with van der Waals surface area (Å²) in [5, 5.41) is 1.06. The van der Waals surface area contributed by atoms with Crippen molar-refractivity contribution in [1.29, 1.82) is 0 Å². The molecule has 2 aromatic carbocycles. The van der Waals surface area contributed by atoms with Crippen LogP contribution in [0.3, 0.4) is 0 Å². The highest BCUT2D eigenvalue weighted by atomic mass is 35.5. The van der Waals surface area contributed by atoms with Crippen molar-refractivity contribution < 1.29 is 17.9 Å². The minimum atomic E-state index is -3.57. The molecule has 36 heavy (non-hydrogen) atoms. The summed E-state index contributed by atoms with van der Waals surface area (Å²) in [5.41, 5.74) is 1.01. The number of fused-ring (bicyclic) bond motifs is 1. The molecule has 4 rings (SSSR count). The molecule has 0 atom stereocenters. The number of nitrogens with zero attached hydrogens (tertiary/aromatic N) is 4. The van der Waals surface area contributed by atoms with Gasteiger partial charge < -0.3 is 9.64 Å². The van der Waals surface area contributed by atoms with Crippen molar-refractivity contribution in [2.75, 3.05) is 52.3 Å². The van der Waals surface area contributed by atoms with Gasteiger partial charge in [0.15, 0.2) is 5.13 Å². The van der Waals surface area contributed by atoms with Crippen LogP contribution in [0.1, 0.15) is 36.0 Å². The summed E-state index contributed by atoms with van der Waals surface area (Å²) in [6.45, 7) is 2.31. The van der Waals surface area contributed by atoms with Crippen LogP contribution in [-0.4, -0.2) is 75.9 Å². The fourth-order valence-electron chi connectivity index (χ4n) is 4.23. The lowest BCUT2D eigenvalue weighted by Crippen LogP contribution is -2.35.